The van der Waals surface area contributed by atoms with Crippen LogP contribution in [0.4, 0.5) is 22.7 Å². The quantitative estimate of drug-likeness (QED) is 0.0839. The van der Waals surface area contributed by atoms with Gasteiger partial charge < -0.3 is 21.9 Å². The number of nitrogens with two attached hydrogens (primary N) is 2. The molecule has 4 rings (SSSR count). The molecule has 0 fully saturated rings. The molecule has 0 aliphatic carbocycles. The molecule has 4 aromatic rings. The molecule has 0 bridgehead atoms. The van der Waals surface area contributed by atoms with Crippen molar-refractivity contribution >= 4 is 22.7 Å². The second kappa shape index (κ2) is 25.4. The Hall–Kier alpha value is -5.88. The standard InChI is InChI=1S/2C6H5N2.2C6H7N.2HNO2/c2*7-8-6-4-2-1-3-5-6;2*7-6-4-2-1-3-5-6;2*2-1-3/h2*1-5H;2*1-5H,7H2;2*(H,2,3)/q2*+1;;;;/i1D,2D,3D,4D,5D;;1D,2D,3D,4D,5D;;;. The monoisotopic (exact) mass is 500 g/mol. The Labute approximate surface area is 221 Å². The molecule has 0 aliphatic heterocycles. The van der Waals surface area contributed by atoms with Gasteiger partial charge in [0.1, 0.15) is 0 Å². The zero-order valence-corrected chi connectivity index (χ0v) is 18.3. The van der Waals surface area contributed by atoms with Crippen molar-refractivity contribution in [3.63, 3.8) is 0 Å². The van der Waals surface area contributed by atoms with Crippen molar-refractivity contribution in [3.8, 4) is 0 Å². The van der Waals surface area contributed by atoms with E-state index in [1.807, 2.05) is 48.5 Å². The first-order valence-corrected chi connectivity index (χ1v) is 9.01. The van der Waals surface area contributed by atoms with Gasteiger partial charge in [0.2, 0.25) is 10.8 Å². The van der Waals surface area contributed by atoms with Crippen LogP contribution in [0.15, 0.2) is 132 Å². The number of rotatable bonds is 0. The molecule has 0 unspecified atom stereocenters. The third-order valence-electron chi connectivity index (χ3n) is 2.78. The number of anilines is 2. The van der Waals surface area contributed by atoms with Gasteiger partial charge in [0.15, 0.2) is 20.6 Å². The Morgan fingerprint density at radius 2 is 0.972 bits per heavy atom. The fourth-order valence-electron chi connectivity index (χ4n) is 1.50. The molecule has 0 aliphatic rings. The maximum absolute atomic E-state index is 8.40. The first-order valence-electron chi connectivity index (χ1n) is 14.0. The topological polar surface area (TPSA) is 208 Å². The van der Waals surface area contributed by atoms with Gasteiger partial charge in [-0.25, -0.2) is 0 Å². The van der Waals surface area contributed by atoms with Gasteiger partial charge >= 0.3 is 11.4 Å². The lowest BCUT2D eigenvalue weighted by Gasteiger charge is -1.83. The Bertz CT molecular complexity index is 1520. The normalized spacial score (nSPS) is 11.4. The van der Waals surface area contributed by atoms with Crippen LogP contribution in [0.25, 0.3) is 9.95 Å². The Morgan fingerprint density at radius 1 is 0.611 bits per heavy atom. The van der Waals surface area contributed by atoms with Gasteiger partial charge in [-0.1, -0.05) is 72.7 Å². The SMILES string of the molecule is N#[N+]c1ccccc1.Nc1ccccc1.O=NO.O=NO.[2H]c1c([2H])c([2H])c(N)c([2H])c1[2H].[2H]c1c([2H])c([2H])c([N+]#N)c([2H])c1[2H]. The van der Waals surface area contributed by atoms with Gasteiger partial charge in [-0.2, -0.15) is 0 Å². The van der Waals surface area contributed by atoms with Crippen LogP contribution < -0.4 is 11.5 Å². The summed E-state index contributed by atoms with van der Waals surface area (Å²) in [5, 5.41) is 32.3. The molecule has 4 aromatic carbocycles. The number of nitrogen functional groups attached to an aromatic ring is 2. The summed E-state index contributed by atoms with van der Waals surface area (Å²) in [6.45, 7) is 0. The minimum absolute atomic E-state index is 0.207. The zero-order valence-electron chi connectivity index (χ0n) is 28.3. The highest BCUT2D eigenvalue weighted by Crippen LogP contribution is 2.08. The van der Waals surface area contributed by atoms with Gasteiger partial charge in [-0.15, -0.1) is 9.81 Å². The molecule has 12 nitrogen and oxygen atoms in total. The molecule has 6 N–H and O–H groups in total. The lowest BCUT2D eigenvalue weighted by atomic mass is 10.3. The summed E-state index contributed by atoms with van der Waals surface area (Å²) in [6.07, 6.45) is 0. The van der Waals surface area contributed by atoms with Gasteiger partial charge in [0, 0.05) is 35.6 Å². The lowest BCUT2D eigenvalue weighted by molar-refractivity contribution is 0.312. The highest BCUT2D eigenvalue weighted by Gasteiger charge is 1.96. The minimum atomic E-state index is -0.506. The summed E-state index contributed by atoms with van der Waals surface area (Å²) in [5.74, 6) is 0. The van der Waals surface area contributed by atoms with E-state index in [2.05, 4.69) is 9.95 Å². The van der Waals surface area contributed by atoms with Crippen molar-refractivity contribution in [1.29, 1.82) is 10.8 Å². The molecule has 0 radical (unpaired) electrons. The van der Waals surface area contributed by atoms with E-state index in [0.717, 1.165) is 5.69 Å². The summed E-state index contributed by atoms with van der Waals surface area (Å²) in [7, 11) is 0. The highest BCUT2D eigenvalue weighted by molar-refractivity contribution is 5.42. The van der Waals surface area contributed by atoms with Crippen LogP contribution in [0.1, 0.15) is 13.7 Å². The first kappa shape index (κ1) is 17.6. The van der Waals surface area contributed by atoms with Crippen molar-refractivity contribution in [2.75, 3.05) is 11.5 Å². The first-order chi connectivity index (χ1) is 21.6. The van der Waals surface area contributed by atoms with Crippen molar-refractivity contribution in [1.82, 2.24) is 0 Å². The second-order valence-electron chi connectivity index (χ2n) is 5.12. The Balaban J connectivity index is 0. The van der Waals surface area contributed by atoms with Crippen molar-refractivity contribution in [3.05, 3.63) is 141 Å². The molecule has 12 heteroatoms. The minimum Gasteiger partial charge on any atom is -0.399 e. The summed E-state index contributed by atoms with van der Waals surface area (Å²) < 4.78 is 71.8. The van der Waals surface area contributed by atoms with E-state index in [0.29, 0.717) is 5.69 Å². The number of nitrogens with zero attached hydrogens (tertiary/aromatic N) is 6. The van der Waals surface area contributed by atoms with Crippen LogP contribution in [0.3, 0.4) is 0 Å². The predicted octanol–water partition coefficient (Wildman–Crippen LogP) is 7.16. The Morgan fingerprint density at radius 3 is 1.28 bits per heavy atom. The van der Waals surface area contributed by atoms with Crippen LogP contribution in [0, 0.1) is 20.6 Å². The molecule has 0 saturated carbocycles. The van der Waals surface area contributed by atoms with Crippen molar-refractivity contribution in [2.45, 2.75) is 0 Å². The third kappa shape index (κ3) is 22.8. The van der Waals surface area contributed by atoms with Crippen LogP contribution in [-0.4, -0.2) is 10.4 Å². The number of para-hydroxylation sites is 2. The predicted molar refractivity (Wildman–Crippen MR) is 139 cm³/mol. The average molecular weight is 501 g/mol. The van der Waals surface area contributed by atoms with Gasteiger partial charge in [0.05, 0.1) is 13.7 Å². The maximum atomic E-state index is 8.40. The molecule has 0 atom stereocenters. The van der Waals surface area contributed by atoms with Gasteiger partial charge in [-0.3, -0.25) is 0 Å². The molecule has 0 heterocycles. The average Bonchev–Trinajstić information content (AvgIpc) is 3.06. The molecule has 0 aromatic heterocycles. The van der Waals surface area contributed by atoms with Crippen molar-refractivity contribution < 1.29 is 24.1 Å². The number of hydrogen-bond donors (Lipinski definition) is 4. The van der Waals surface area contributed by atoms with Gasteiger partial charge in [-0.05, 0) is 24.2 Å². The number of benzene rings is 4. The lowest BCUT2D eigenvalue weighted by Crippen LogP contribution is -1.79. The van der Waals surface area contributed by atoms with Gasteiger partial charge in [0.25, 0.3) is 0 Å². The molecule has 184 valence electrons. The van der Waals surface area contributed by atoms with Crippen molar-refractivity contribution in [2.24, 2.45) is 10.7 Å². The van der Waals surface area contributed by atoms with E-state index < -0.39 is 54.0 Å². The summed E-state index contributed by atoms with van der Waals surface area (Å²) >= 11 is 0. The zero-order chi connectivity index (χ0) is 36.0. The summed E-state index contributed by atoms with van der Waals surface area (Å²) in [6, 6.07) is 14.0. The van der Waals surface area contributed by atoms with Crippen LogP contribution in [0.5, 0.6) is 0 Å². The maximum Gasteiger partial charge on any atom is 0.385 e. The van der Waals surface area contributed by atoms with Crippen LogP contribution >= 0.6 is 0 Å². The molecular weight excluding hydrogens is 464 g/mol. The highest BCUT2D eigenvalue weighted by atomic mass is 16.6. The molecule has 0 saturated heterocycles. The fourth-order valence-corrected chi connectivity index (χ4v) is 1.50. The molecular formula is C24H26N8O4+2. The van der Waals surface area contributed by atoms with Crippen LogP contribution in [0.2, 0.25) is 0 Å². The van der Waals surface area contributed by atoms with E-state index in [9.17, 15) is 0 Å². The summed E-state index contributed by atoms with van der Waals surface area (Å²) in [4.78, 5) is 21.8. The largest absolute Gasteiger partial charge is 0.399 e. The Kier molecular flexibility index (Phi) is 12.4. The molecule has 0 amide bonds. The van der Waals surface area contributed by atoms with E-state index in [1.54, 1.807) is 12.1 Å². The molecule has 36 heavy (non-hydrogen) atoms. The van der Waals surface area contributed by atoms with E-state index in [-0.39, 0.29) is 17.8 Å². The van der Waals surface area contributed by atoms with E-state index >= 15 is 0 Å². The van der Waals surface area contributed by atoms with Crippen LogP contribution in [-0.2, 0) is 0 Å². The summed E-state index contributed by atoms with van der Waals surface area (Å²) in [5.41, 5.74) is 11.4. The third-order valence-corrected chi connectivity index (χ3v) is 2.78. The smallest absolute Gasteiger partial charge is 0.385 e. The van der Waals surface area contributed by atoms with E-state index in [1.165, 1.54) is 10.7 Å². The number of diazo groups is 2. The fraction of sp³-hybridized carbons (Fsp3) is 0. The molecule has 0 spiro atoms. The van der Waals surface area contributed by atoms with E-state index in [4.69, 9.17) is 56.2 Å². The second-order valence-corrected chi connectivity index (χ2v) is 5.12. The number of hydrogen-bond acceptors (Lipinski definition) is 8.